The minimum absolute atomic E-state index is 0.565. The fourth-order valence-electron chi connectivity index (χ4n) is 19.9. The molecule has 20 aromatic rings. The standard InChI is InChI=1S/C114H76N2/c1-8-36-77(37-9-1)91-54-30-33-65-108(91)116(90-68-71-107-102(76-90)97-59-29-32-64-105(97)114(107,86-49-18-6-19-50-86)87-51-20-7-21-52-87)112-100-62-27-24-57-94(100)95-69-66-83(74-103(95)110(112)79-40-12-3-13-41-79)81-43-34-42-80(72-81)82-44-35-53-88(73-82)115(111-99-61-26-23-56-93(99)92-55-22-25-60-98(92)109(111)78-38-10-2-11-39-78)89-67-70-106-101(75-89)96-58-28-31-63-104(96)113(106,84-45-14-4-15-46-84)85-47-16-5-17-48-85/h1-76H. The maximum absolute atomic E-state index is 2.60. The van der Waals surface area contributed by atoms with Gasteiger partial charge in [0.1, 0.15) is 0 Å². The van der Waals surface area contributed by atoms with Crippen molar-refractivity contribution < 1.29 is 0 Å². The zero-order chi connectivity index (χ0) is 76.7. The first-order chi connectivity index (χ1) is 57.6. The molecular weight excluding hydrogens is 1400 g/mol. The highest BCUT2D eigenvalue weighted by molar-refractivity contribution is 6.25. The van der Waals surface area contributed by atoms with Crippen LogP contribution >= 0.6 is 0 Å². The van der Waals surface area contributed by atoms with E-state index in [1.165, 1.54) is 105 Å². The monoisotopic (exact) mass is 1470 g/mol. The van der Waals surface area contributed by atoms with Gasteiger partial charge in [-0.05, 0) is 193 Å². The molecule has 0 bridgehead atoms. The average molecular weight is 1470 g/mol. The van der Waals surface area contributed by atoms with Gasteiger partial charge in [0, 0.05) is 44.5 Å². The fourth-order valence-corrected chi connectivity index (χ4v) is 19.9. The first-order valence-electron chi connectivity index (χ1n) is 40.3. The van der Waals surface area contributed by atoms with Crippen LogP contribution < -0.4 is 9.80 Å². The van der Waals surface area contributed by atoms with Crippen LogP contribution in [-0.2, 0) is 10.8 Å². The molecule has 0 saturated heterocycles. The molecule has 2 aliphatic rings. The van der Waals surface area contributed by atoms with Crippen LogP contribution in [0.1, 0.15) is 44.5 Å². The number of fused-ring (bicyclic) bond motifs is 12. The van der Waals surface area contributed by atoms with Crippen LogP contribution in [-0.4, -0.2) is 0 Å². The third kappa shape index (κ3) is 10.7. The van der Waals surface area contributed by atoms with Crippen LogP contribution in [0.3, 0.4) is 0 Å². The number of rotatable bonds is 15. The summed E-state index contributed by atoms with van der Waals surface area (Å²) >= 11 is 0. The largest absolute Gasteiger partial charge is 0.309 e. The van der Waals surface area contributed by atoms with Gasteiger partial charge < -0.3 is 9.80 Å². The van der Waals surface area contributed by atoms with Crippen molar-refractivity contribution >= 4 is 77.2 Å². The Kier molecular flexibility index (Phi) is 16.4. The lowest BCUT2D eigenvalue weighted by Gasteiger charge is -2.35. The summed E-state index contributed by atoms with van der Waals surface area (Å²) in [6.07, 6.45) is 0. The van der Waals surface area contributed by atoms with Gasteiger partial charge in [-0.15, -0.1) is 0 Å². The Morgan fingerprint density at radius 2 is 0.474 bits per heavy atom. The lowest BCUT2D eigenvalue weighted by Crippen LogP contribution is -2.28. The number of benzene rings is 20. The minimum atomic E-state index is -0.570. The molecule has 22 rings (SSSR count). The summed E-state index contributed by atoms with van der Waals surface area (Å²) in [6.45, 7) is 0. The molecule has 542 valence electrons. The van der Waals surface area contributed by atoms with Crippen LogP contribution in [0, 0.1) is 0 Å². The Bertz CT molecular complexity index is 7100. The zero-order valence-electron chi connectivity index (χ0n) is 63.8. The van der Waals surface area contributed by atoms with Crippen molar-refractivity contribution in [3.05, 3.63) is 506 Å². The topological polar surface area (TPSA) is 6.48 Å². The highest BCUT2D eigenvalue weighted by Crippen LogP contribution is 2.62. The third-order valence-corrected chi connectivity index (χ3v) is 24.7. The van der Waals surface area contributed by atoms with E-state index in [4.69, 9.17) is 0 Å². The van der Waals surface area contributed by atoms with Crippen molar-refractivity contribution in [3.8, 4) is 77.9 Å². The predicted molar refractivity (Wildman–Crippen MR) is 488 cm³/mol. The number of anilines is 6. The van der Waals surface area contributed by atoms with E-state index in [1.54, 1.807) is 0 Å². The highest BCUT2D eigenvalue weighted by Gasteiger charge is 2.48. The van der Waals surface area contributed by atoms with Crippen molar-refractivity contribution in [2.45, 2.75) is 10.8 Å². The zero-order valence-corrected chi connectivity index (χ0v) is 63.8. The fraction of sp³-hybridized carbons (Fsp3) is 0.0175. The number of para-hydroxylation sites is 1. The normalized spacial score (nSPS) is 12.8. The van der Waals surface area contributed by atoms with E-state index in [2.05, 4.69) is 471 Å². The molecule has 0 spiro atoms. The Hall–Kier alpha value is -15.0. The van der Waals surface area contributed by atoms with Gasteiger partial charge in [0.05, 0.1) is 27.9 Å². The Morgan fingerprint density at radius 1 is 0.155 bits per heavy atom. The van der Waals surface area contributed by atoms with Gasteiger partial charge in [-0.25, -0.2) is 0 Å². The van der Waals surface area contributed by atoms with Crippen LogP contribution in [0.4, 0.5) is 34.1 Å². The third-order valence-electron chi connectivity index (χ3n) is 24.7. The van der Waals surface area contributed by atoms with Gasteiger partial charge in [0.25, 0.3) is 0 Å². The number of hydrogen-bond donors (Lipinski definition) is 0. The summed E-state index contributed by atoms with van der Waals surface area (Å²) in [7, 11) is 0. The second-order valence-electron chi connectivity index (χ2n) is 30.8. The Morgan fingerprint density at radius 3 is 0.966 bits per heavy atom. The molecule has 0 unspecified atom stereocenters. The molecule has 2 nitrogen and oxygen atoms in total. The van der Waals surface area contributed by atoms with Crippen LogP contribution in [0.5, 0.6) is 0 Å². The summed E-state index contributed by atoms with van der Waals surface area (Å²) in [5, 5.41) is 9.44. The smallest absolute Gasteiger partial charge is 0.0713 e. The predicted octanol–water partition coefficient (Wildman–Crippen LogP) is 30.3. The van der Waals surface area contributed by atoms with E-state index in [0.717, 1.165) is 95.0 Å². The Balaban J connectivity index is 0.748. The van der Waals surface area contributed by atoms with E-state index in [0.29, 0.717) is 0 Å². The van der Waals surface area contributed by atoms with Crippen molar-refractivity contribution in [1.29, 1.82) is 0 Å². The second kappa shape index (κ2) is 28.0. The van der Waals surface area contributed by atoms with Crippen molar-refractivity contribution in [1.82, 2.24) is 0 Å². The van der Waals surface area contributed by atoms with Gasteiger partial charge >= 0.3 is 0 Å². The molecule has 0 N–H and O–H groups in total. The highest BCUT2D eigenvalue weighted by atomic mass is 15.2. The van der Waals surface area contributed by atoms with Gasteiger partial charge in [0.2, 0.25) is 0 Å². The lowest BCUT2D eigenvalue weighted by atomic mass is 9.68. The molecule has 2 aliphatic carbocycles. The van der Waals surface area contributed by atoms with E-state index in [9.17, 15) is 0 Å². The molecule has 2 heteroatoms. The van der Waals surface area contributed by atoms with Gasteiger partial charge in [-0.1, -0.05) is 406 Å². The molecule has 0 radical (unpaired) electrons. The molecule has 20 aromatic carbocycles. The average Bonchev–Trinajstić information content (AvgIpc) is 1.45. The van der Waals surface area contributed by atoms with Crippen molar-refractivity contribution in [3.63, 3.8) is 0 Å². The maximum atomic E-state index is 2.60. The van der Waals surface area contributed by atoms with Crippen LogP contribution in [0.25, 0.3) is 121 Å². The molecule has 0 aliphatic heterocycles. The SMILES string of the molecule is c1ccc(-c2ccccc2N(c2ccc3c(c2)-c2ccccc2C3(c2ccccc2)c2ccccc2)c2c(-c3ccccc3)c3cc(-c4cccc(-c5cccc(N(c6ccc7c(c6)-c6ccccc6C7(c6ccccc6)c6ccccc6)c6c(-c7ccccc7)c7ccccc7c7ccccc67)c5)c4)ccc3c3ccccc23)cc1. The maximum Gasteiger partial charge on any atom is 0.0713 e. The van der Waals surface area contributed by atoms with Crippen LogP contribution in [0.15, 0.2) is 461 Å². The van der Waals surface area contributed by atoms with Gasteiger partial charge in [-0.2, -0.15) is 0 Å². The minimum Gasteiger partial charge on any atom is -0.309 e. The summed E-state index contributed by atoms with van der Waals surface area (Å²) in [5.41, 5.74) is 31.6. The number of hydrogen-bond acceptors (Lipinski definition) is 2. The molecule has 0 saturated carbocycles. The van der Waals surface area contributed by atoms with E-state index in [-0.39, 0.29) is 0 Å². The lowest BCUT2D eigenvalue weighted by molar-refractivity contribution is 0.768. The summed E-state index contributed by atoms with van der Waals surface area (Å²) in [6, 6.07) is 172. The molecule has 0 heterocycles. The molecule has 116 heavy (non-hydrogen) atoms. The van der Waals surface area contributed by atoms with E-state index in [1.807, 2.05) is 0 Å². The number of nitrogens with zero attached hydrogens (tertiary/aromatic N) is 2. The van der Waals surface area contributed by atoms with E-state index < -0.39 is 10.8 Å². The Labute approximate surface area is 676 Å². The molecular formula is C114H76N2. The second-order valence-corrected chi connectivity index (χ2v) is 30.8. The van der Waals surface area contributed by atoms with E-state index >= 15 is 0 Å². The van der Waals surface area contributed by atoms with Gasteiger partial charge in [-0.3, -0.25) is 0 Å². The van der Waals surface area contributed by atoms with Gasteiger partial charge in [0.15, 0.2) is 0 Å². The van der Waals surface area contributed by atoms with Crippen molar-refractivity contribution in [2.24, 2.45) is 0 Å². The molecule has 0 aromatic heterocycles. The quantitative estimate of drug-likeness (QED) is 0.0944. The first-order valence-corrected chi connectivity index (χ1v) is 40.3. The summed E-state index contributed by atoms with van der Waals surface area (Å²) in [5.74, 6) is 0. The molecule has 0 fully saturated rings. The van der Waals surface area contributed by atoms with Crippen LogP contribution in [0.2, 0.25) is 0 Å². The summed E-state index contributed by atoms with van der Waals surface area (Å²) < 4.78 is 0. The summed E-state index contributed by atoms with van der Waals surface area (Å²) in [4.78, 5) is 5.17. The molecule has 0 atom stereocenters. The van der Waals surface area contributed by atoms with Crippen molar-refractivity contribution in [2.75, 3.05) is 9.80 Å². The molecule has 0 amide bonds. The first kappa shape index (κ1) is 67.9.